The fourth-order valence-corrected chi connectivity index (χ4v) is 2.95. The van der Waals surface area contributed by atoms with E-state index in [9.17, 15) is 4.79 Å². The number of amides is 1. The molecule has 0 bridgehead atoms. The minimum Gasteiger partial charge on any atom is -0.350 e. The van der Waals surface area contributed by atoms with Crippen LogP contribution in [0.4, 0.5) is 0 Å². The Morgan fingerprint density at radius 2 is 2.05 bits per heavy atom. The van der Waals surface area contributed by atoms with Gasteiger partial charge < -0.3 is 10.6 Å². The highest BCUT2D eigenvalue weighted by Gasteiger charge is 2.15. The Balaban J connectivity index is 2.03. The Labute approximate surface area is 129 Å². The van der Waals surface area contributed by atoms with E-state index in [4.69, 9.17) is 0 Å². The second-order valence-electron chi connectivity index (χ2n) is 5.08. The third-order valence-electron chi connectivity index (χ3n) is 3.31. The highest BCUT2D eigenvalue weighted by Crippen LogP contribution is 2.20. The van der Waals surface area contributed by atoms with Gasteiger partial charge in [0.25, 0.3) is 5.91 Å². The van der Waals surface area contributed by atoms with Crippen molar-refractivity contribution in [2.45, 2.75) is 26.3 Å². The first kappa shape index (κ1) is 15.7. The Kier molecular flexibility index (Phi) is 5.47. The van der Waals surface area contributed by atoms with Gasteiger partial charge in [-0.05, 0) is 26.5 Å². The summed E-state index contributed by atoms with van der Waals surface area (Å²) in [5, 5.41) is 7.01. The lowest BCUT2D eigenvalue weighted by atomic mass is 10.2. The van der Waals surface area contributed by atoms with E-state index in [0.29, 0.717) is 11.4 Å². The number of aryl methyl sites for hydroxylation is 1. The molecule has 0 aliphatic rings. The highest BCUT2D eigenvalue weighted by atomic mass is 32.1. The lowest BCUT2D eigenvalue weighted by molar-refractivity contribution is 0.0954. The van der Waals surface area contributed by atoms with Gasteiger partial charge in [-0.15, -0.1) is 11.3 Å². The van der Waals surface area contributed by atoms with Crippen molar-refractivity contribution >= 4 is 17.2 Å². The zero-order valence-electron chi connectivity index (χ0n) is 12.6. The summed E-state index contributed by atoms with van der Waals surface area (Å²) >= 11 is 1.48. The second kappa shape index (κ2) is 7.33. The van der Waals surface area contributed by atoms with E-state index >= 15 is 0 Å². The van der Waals surface area contributed by atoms with Crippen LogP contribution in [0, 0.1) is 6.92 Å². The standard InChI is InChI=1S/C16H21N3OS/c1-11(17-3)10-18-16(20)15-12(2)19-14(21-15)9-13-7-5-4-6-8-13/h4-8,11,17H,9-10H2,1-3H3,(H,18,20). The van der Waals surface area contributed by atoms with Crippen molar-refractivity contribution in [1.29, 1.82) is 0 Å². The van der Waals surface area contributed by atoms with Crippen LogP contribution in [0.3, 0.4) is 0 Å². The van der Waals surface area contributed by atoms with Gasteiger partial charge in [-0.1, -0.05) is 30.3 Å². The number of hydrogen-bond acceptors (Lipinski definition) is 4. The maximum atomic E-state index is 12.2. The Bertz CT molecular complexity index is 595. The van der Waals surface area contributed by atoms with Crippen LogP contribution in [0.15, 0.2) is 30.3 Å². The number of nitrogens with zero attached hydrogens (tertiary/aromatic N) is 1. The van der Waals surface area contributed by atoms with Crippen LogP contribution in [0.25, 0.3) is 0 Å². The number of rotatable bonds is 6. The van der Waals surface area contributed by atoms with Crippen molar-refractivity contribution in [1.82, 2.24) is 15.6 Å². The molecule has 1 amide bonds. The second-order valence-corrected chi connectivity index (χ2v) is 6.17. The van der Waals surface area contributed by atoms with Crippen molar-refractivity contribution in [3.8, 4) is 0 Å². The van der Waals surface area contributed by atoms with Crippen LogP contribution in [-0.4, -0.2) is 30.5 Å². The number of benzene rings is 1. The average molecular weight is 303 g/mol. The zero-order chi connectivity index (χ0) is 15.2. The van der Waals surface area contributed by atoms with Crippen molar-refractivity contribution in [2.24, 2.45) is 0 Å². The Morgan fingerprint density at radius 1 is 1.33 bits per heavy atom. The summed E-state index contributed by atoms with van der Waals surface area (Å²) in [6.07, 6.45) is 0.770. The normalized spacial score (nSPS) is 12.1. The van der Waals surface area contributed by atoms with E-state index in [1.807, 2.05) is 39.1 Å². The molecule has 5 heteroatoms. The lowest BCUT2D eigenvalue weighted by Crippen LogP contribution is -2.37. The number of carbonyl (C=O) groups is 1. The van der Waals surface area contributed by atoms with Crippen LogP contribution in [0.2, 0.25) is 0 Å². The number of likely N-dealkylation sites (N-methyl/N-ethyl adjacent to an activating group) is 1. The van der Waals surface area contributed by atoms with Gasteiger partial charge in [-0.2, -0.15) is 0 Å². The van der Waals surface area contributed by atoms with Crippen LogP contribution < -0.4 is 10.6 Å². The lowest BCUT2D eigenvalue weighted by Gasteiger charge is -2.10. The molecule has 0 saturated carbocycles. The molecule has 1 unspecified atom stereocenters. The summed E-state index contributed by atoms with van der Waals surface area (Å²) in [5.41, 5.74) is 2.02. The maximum Gasteiger partial charge on any atom is 0.263 e. The Morgan fingerprint density at radius 3 is 2.71 bits per heavy atom. The summed E-state index contributed by atoms with van der Waals surface area (Å²) < 4.78 is 0. The fourth-order valence-electron chi connectivity index (χ4n) is 1.94. The summed E-state index contributed by atoms with van der Waals surface area (Å²) in [7, 11) is 1.88. The predicted molar refractivity (Wildman–Crippen MR) is 87.0 cm³/mol. The zero-order valence-corrected chi connectivity index (χ0v) is 13.5. The first-order valence-electron chi connectivity index (χ1n) is 7.06. The highest BCUT2D eigenvalue weighted by molar-refractivity contribution is 7.13. The SMILES string of the molecule is CNC(C)CNC(=O)c1sc(Cc2ccccc2)nc1C. The number of hydrogen-bond donors (Lipinski definition) is 2. The molecule has 1 atom stereocenters. The largest absolute Gasteiger partial charge is 0.350 e. The predicted octanol–water partition coefficient (Wildman–Crippen LogP) is 2.38. The van der Waals surface area contributed by atoms with E-state index in [0.717, 1.165) is 17.1 Å². The van der Waals surface area contributed by atoms with Crippen LogP contribution in [-0.2, 0) is 6.42 Å². The van der Waals surface area contributed by atoms with Gasteiger partial charge in [0.2, 0.25) is 0 Å². The average Bonchev–Trinajstić information content (AvgIpc) is 2.86. The molecule has 0 saturated heterocycles. The topological polar surface area (TPSA) is 54.0 Å². The van der Waals surface area contributed by atoms with E-state index < -0.39 is 0 Å². The molecule has 1 aromatic heterocycles. The molecule has 112 valence electrons. The molecule has 0 radical (unpaired) electrons. The van der Waals surface area contributed by atoms with Crippen LogP contribution in [0.1, 0.15) is 32.9 Å². The monoisotopic (exact) mass is 303 g/mol. The fraction of sp³-hybridized carbons (Fsp3) is 0.375. The number of carbonyl (C=O) groups excluding carboxylic acids is 1. The minimum absolute atomic E-state index is 0.0357. The number of thiazole rings is 1. The summed E-state index contributed by atoms with van der Waals surface area (Å²) in [6, 6.07) is 10.4. The van der Waals surface area contributed by atoms with E-state index in [2.05, 4.69) is 27.8 Å². The first-order valence-corrected chi connectivity index (χ1v) is 7.87. The van der Waals surface area contributed by atoms with Crippen molar-refractivity contribution in [3.63, 3.8) is 0 Å². The van der Waals surface area contributed by atoms with Crippen molar-refractivity contribution in [3.05, 3.63) is 51.5 Å². The number of nitrogens with one attached hydrogen (secondary N) is 2. The molecule has 0 aliphatic carbocycles. The molecule has 0 aliphatic heterocycles. The van der Waals surface area contributed by atoms with Crippen molar-refractivity contribution < 1.29 is 4.79 Å². The van der Waals surface area contributed by atoms with Gasteiger partial charge in [0.1, 0.15) is 4.88 Å². The molecular weight excluding hydrogens is 282 g/mol. The minimum atomic E-state index is -0.0357. The quantitative estimate of drug-likeness (QED) is 0.861. The molecule has 4 nitrogen and oxygen atoms in total. The molecule has 1 aromatic carbocycles. The molecular formula is C16H21N3OS. The molecule has 2 rings (SSSR count). The number of aromatic nitrogens is 1. The summed E-state index contributed by atoms with van der Waals surface area (Å²) in [4.78, 5) is 17.4. The van der Waals surface area contributed by atoms with Gasteiger partial charge >= 0.3 is 0 Å². The third kappa shape index (κ3) is 4.37. The van der Waals surface area contributed by atoms with Gasteiger partial charge in [-0.3, -0.25) is 4.79 Å². The smallest absolute Gasteiger partial charge is 0.263 e. The molecule has 2 N–H and O–H groups in total. The van der Waals surface area contributed by atoms with Crippen molar-refractivity contribution in [2.75, 3.05) is 13.6 Å². The van der Waals surface area contributed by atoms with Gasteiger partial charge in [0.15, 0.2) is 0 Å². The van der Waals surface area contributed by atoms with Crippen LogP contribution in [0.5, 0.6) is 0 Å². The summed E-state index contributed by atoms with van der Waals surface area (Å²) in [6.45, 7) is 4.53. The van der Waals surface area contributed by atoms with Gasteiger partial charge in [-0.25, -0.2) is 4.98 Å². The third-order valence-corrected chi connectivity index (χ3v) is 4.46. The molecule has 21 heavy (non-hydrogen) atoms. The first-order chi connectivity index (χ1) is 10.1. The summed E-state index contributed by atoms with van der Waals surface area (Å²) in [5.74, 6) is -0.0357. The maximum absolute atomic E-state index is 12.2. The van der Waals surface area contributed by atoms with Crippen LogP contribution >= 0.6 is 11.3 Å². The molecule has 0 spiro atoms. The van der Waals surface area contributed by atoms with E-state index in [-0.39, 0.29) is 11.9 Å². The Hall–Kier alpha value is -1.72. The van der Waals surface area contributed by atoms with E-state index in [1.165, 1.54) is 16.9 Å². The van der Waals surface area contributed by atoms with E-state index in [1.54, 1.807) is 0 Å². The molecule has 0 fully saturated rings. The van der Waals surface area contributed by atoms with Gasteiger partial charge in [0, 0.05) is 19.0 Å². The van der Waals surface area contributed by atoms with Gasteiger partial charge in [0.05, 0.1) is 10.7 Å². The molecule has 2 aromatic rings. The molecule has 1 heterocycles.